The number of hydrogen-bond donors (Lipinski definition) is 0. The van der Waals surface area contributed by atoms with E-state index >= 15 is 0 Å². The summed E-state index contributed by atoms with van der Waals surface area (Å²) in [5.41, 5.74) is 0.811. The molecule has 0 fully saturated rings. The Labute approximate surface area is 139 Å². The number of likely N-dealkylation sites (N-methyl/N-ethyl adjacent to an activating group) is 1. The van der Waals surface area contributed by atoms with Crippen molar-refractivity contribution >= 4 is 5.91 Å². The zero-order valence-corrected chi connectivity index (χ0v) is 15.1. The van der Waals surface area contributed by atoms with Crippen molar-refractivity contribution in [2.24, 2.45) is 5.92 Å². The summed E-state index contributed by atoms with van der Waals surface area (Å²) in [6, 6.07) is 5.60. The van der Waals surface area contributed by atoms with Crippen LogP contribution in [0, 0.1) is 5.92 Å². The van der Waals surface area contributed by atoms with Gasteiger partial charge in [0.2, 0.25) is 5.91 Å². The number of hydrogen-bond acceptors (Lipinski definition) is 4. The van der Waals surface area contributed by atoms with Crippen LogP contribution in [0.2, 0.25) is 0 Å². The second kappa shape index (κ2) is 9.40. The molecule has 1 aromatic rings. The highest BCUT2D eigenvalue weighted by Gasteiger charge is 2.31. The van der Waals surface area contributed by atoms with E-state index in [2.05, 4.69) is 13.8 Å². The van der Waals surface area contributed by atoms with E-state index < -0.39 is 0 Å². The van der Waals surface area contributed by atoms with Gasteiger partial charge < -0.3 is 19.1 Å². The van der Waals surface area contributed by atoms with Crippen molar-refractivity contribution in [3.8, 4) is 11.5 Å². The molecule has 0 aliphatic rings. The maximum atomic E-state index is 13.1. The lowest BCUT2D eigenvalue weighted by Crippen LogP contribution is -2.37. The minimum atomic E-state index is -0.323. The molecule has 130 valence electrons. The second-order valence-corrected chi connectivity index (χ2v) is 5.87. The van der Waals surface area contributed by atoms with Crippen molar-refractivity contribution in [1.29, 1.82) is 0 Å². The Hall–Kier alpha value is -1.75. The average molecular weight is 323 g/mol. The van der Waals surface area contributed by atoms with Crippen LogP contribution in [0.5, 0.6) is 11.5 Å². The summed E-state index contributed by atoms with van der Waals surface area (Å²) in [6.07, 6.45) is 0.718. The van der Waals surface area contributed by atoms with E-state index in [4.69, 9.17) is 14.2 Å². The predicted octanol–water partition coefficient (Wildman–Crippen LogP) is 3.29. The van der Waals surface area contributed by atoms with Crippen LogP contribution in [-0.2, 0) is 9.53 Å². The van der Waals surface area contributed by atoms with Crippen LogP contribution in [0.3, 0.4) is 0 Å². The number of benzene rings is 1. The highest BCUT2D eigenvalue weighted by Crippen LogP contribution is 2.39. The van der Waals surface area contributed by atoms with Gasteiger partial charge in [0.05, 0.1) is 20.1 Å². The van der Waals surface area contributed by atoms with Crippen LogP contribution in [-0.4, -0.2) is 45.4 Å². The van der Waals surface area contributed by atoms with E-state index in [1.54, 1.807) is 26.2 Å². The Kier molecular flexibility index (Phi) is 7.89. The number of amides is 1. The monoisotopic (exact) mass is 323 g/mol. The molecule has 0 spiro atoms. The first-order valence-electron chi connectivity index (χ1n) is 7.98. The Bertz CT molecular complexity index is 480. The van der Waals surface area contributed by atoms with Gasteiger partial charge in [0.25, 0.3) is 0 Å². The van der Waals surface area contributed by atoms with Gasteiger partial charge in [-0.25, -0.2) is 0 Å². The van der Waals surface area contributed by atoms with Crippen LogP contribution in [0.25, 0.3) is 0 Å². The quantitative estimate of drug-likeness (QED) is 0.654. The smallest absolute Gasteiger partial charge is 0.232 e. The number of carbonyl (C=O) groups excluding carboxylic acids is 1. The van der Waals surface area contributed by atoms with Gasteiger partial charge in [-0.2, -0.15) is 0 Å². The molecule has 0 bridgehead atoms. The lowest BCUT2D eigenvalue weighted by atomic mass is 9.87. The minimum absolute atomic E-state index is 0.0332. The van der Waals surface area contributed by atoms with Gasteiger partial charge in [-0.05, 0) is 31.4 Å². The number of ether oxygens (including phenoxy) is 3. The summed E-state index contributed by atoms with van der Waals surface area (Å²) < 4.78 is 16.1. The average Bonchev–Trinajstić information content (AvgIpc) is 2.56. The van der Waals surface area contributed by atoms with Gasteiger partial charge in [-0.3, -0.25) is 4.79 Å². The van der Waals surface area contributed by atoms with E-state index in [9.17, 15) is 4.79 Å². The highest BCUT2D eigenvalue weighted by molar-refractivity contribution is 5.85. The lowest BCUT2D eigenvalue weighted by Gasteiger charge is -2.28. The Morgan fingerprint density at radius 1 is 1.13 bits per heavy atom. The fourth-order valence-corrected chi connectivity index (χ4v) is 2.72. The minimum Gasteiger partial charge on any atom is -0.496 e. The van der Waals surface area contributed by atoms with Crippen molar-refractivity contribution in [3.05, 3.63) is 23.8 Å². The fraction of sp³-hybridized carbons (Fsp3) is 0.611. The summed E-state index contributed by atoms with van der Waals surface area (Å²) >= 11 is 0. The summed E-state index contributed by atoms with van der Waals surface area (Å²) in [5.74, 6) is 1.43. The van der Waals surface area contributed by atoms with Gasteiger partial charge in [0, 0.05) is 19.2 Å². The van der Waals surface area contributed by atoms with E-state index in [0.29, 0.717) is 24.0 Å². The van der Waals surface area contributed by atoms with E-state index in [1.807, 2.05) is 25.1 Å². The standard InChI is InChI=1S/C18H29NO4/c1-7-19(12-21-4)18(20)14(11-13(2)3)17-15(22-5)9-8-10-16(17)23-6/h8-10,13-14H,7,11-12H2,1-6H3. The molecule has 0 radical (unpaired) electrons. The molecule has 1 unspecified atom stereocenters. The third kappa shape index (κ3) is 4.86. The molecular weight excluding hydrogens is 294 g/mol. The molecule has 5 nitrogen and oxygen atoms in total. The first kappa shape index (κ1) is 19.3. The summed E-state index contributed by atoms with van der Waals surface area (Å²) in [5, 5.41) is 0. The van der Waals surface area contributed by atoms with Crippen molar-refractivity contribution in [1.82, 2.24) is 4.90 Å². The topological polar surface area (TPSA) is 48.0 Å². The van der Waals surface area contributed by atoms with Crippen molar-refractivity contribution < 1.29 is 19.0 Å². The molecule has 1 rings (SSSR count). The van der Waals surface area contributed by atoms with Gasteiger partial charge in [0.1, 0.15) is 18.2 Å². The van der Waals surface area contributed by atoms with Crippen molar-refractivity contribution in [2.75, 3.05) is 34.6 Å². The molecule has 0 aliphatic carbocycles. The molecule has 0 saturated heterocycles. The van der Waals surface area contributed by atoms with Gasteiger partial charge in [-0.15, -0.1) is 0 Å². The second-order valence-electron chi connectivity index (χ2n) is 5.87. The highest BCUT2D eigenvalue weighted by atomic mass is 16.5. The zero-order valence-electron chi connectivity index (χ0n) is 15.1. The SMILES string of the molecule is CCN(COC)C(=O)C(CC(C)C)c1c(OC)cccc1OC. The number of nitrogens with zero attached hydrogens (tertiary/aromatic N) is 1. The zero-order chi connectivity index (χ0) is 17.4. The number of carbonyl (C=O) groups is 1. The Balaban J connectivity index is 3.34. The third-order valence-corrected chi connectivity index (χ3v) is 3.80. The molecule has 0 aromatic heterocycles. The van der Waals surface area contributed by atoms with E-state index in [-0.39, 0.29) is 18.6 Å². The van der Waals surface area contributed by atoms with Gasteiger partial charge in [0.15, 0.2) is 0 Å². The molecule has 1 aromatic carbocycles. The van der Waals surface area contributed by atoms with Gasteiger partial charge >= 0.3 is 0 Å². The molecule has 0 saturated carbocycles. The van der Waals surface area contributed by atoms with Crippen LogP contribution >= 0.6 is 0 Å². The summed E-state index contributed by atoms with van der Waals surface area (Å²) in [7, 11) is 4.82. The third-order valence-electron chi connectivity index (χ3n) is 3.80. The van der Waals surface area contributed by atoms with Crippen LogP contribution in [0.4, 0.5) is 0 Å². The predicted molar refractivity (Wildman–Crippen MR) is 91.0 cm³/mol. The maximum Gasteiger partial charge on any atom is 0.232 e. The van der Waals surface area contributed by atoms with E-state index in [0.717, 1.165) is 12.0 Å². The molecule has 5 heteroatoms. The lowest BCUT2D eigenvalue weighted by molar-refractivity contribution is -0.137. The Morgan fingerprint density at radius 3 is 2.09 bits per heavy atom. The molecule has 0 heterocycles. The van der Waals surface area contributed by atoms with Gasteiger partial charge in [-0.1, -0.05) is 19.9 Å². The molecular formula is C18H29NO4. The molecule has 1 amide bonds. The van der Waals surface area contributed by atoms with E-state index in [1.165, 1.54) is 0 Å². The Morgan fingerprint density at radius 2 is 1.70 bits per heavy atom. The molecule has 0 N–H and O–H groups in total. The number of rotatable bonds is 9. The first-order valence-corrected chi connectivity index (χ1v) is 7.98. The number of methoxy groups -OCH3 is 3. The summed E-state index contributed by atoms with van der Waals surface area (Å²) in [4.78, 5) is 14.8. The molecule has 23 heavy (non-hydrogen) atoms. The summed E-state index contributed by atoms with van der Waals surface area (Å²) in [6.45, 7) is 7.03. The normalized spacial score (nSPS) is 12.1. The fourth-order valence-electron chi connectivity index (χ4n) is 2.72. The van der Waals surface area contributed by atoms with Crippen LogP contribution < -0.4 is 9.47 Å². The maximum absolute atomic E-state index is 13.1. The first-order chi connectivity index (χ1) is 11.0. The molecule has 0 aliphatic heterocycles. The van der Waals surface area contributed by atoms with Crippen LogP contribution in [0.15, 0.2) is 18.2 Å². The van der Waals surface area contributed by atoms with Crippen molar-refractivity contribution in [3.63, 3.8) is 0 Å². The molecule has 1 atom stereocenters. The van der Waals surface area contributed by atoms with Crippen LogP contribution in [0.1, 0.15) is 38.7 Å². The largest absolute Gasteiger partial charge is 0.496 e. The van der Waals surface area contributed by atoms with Crippen molar-refractivity contribution in [2.45, 2.75) is 33.1 Å².